The van der Waals surface area contributed by atoms with Gasteiger partial charge in [-0.3, -0.25) is 0 Å². The van der Waals surface area contributed by atoms with Crippen LogP contribution in [0.4, 0.5) is 0 Å². The highest BCUT2D eigenvalue weighted by Crippen LogP contribution is 2.19. The second-order valence-electron chi connectivity index (χ2n) is 4.15. The van der Waals surface area contributed by atoms with Crippen molar-refractivity contribution in [2.75, 3.05) is 6.61 Å². The summed E-state index contributed by atoms with van der Waals surface area (Å²) in [5.74, 6) is 0.319. The molecule has 0 saturated carbocycles. The highest BCUT2D eigenvalue weighted by atomic mass is 16.6. The lowest BCUT2D eigenvalue weighted by Gasteiger charge is -2.24. The van der Waals surface area contributed by atoms with E-state index in [-0.39, 0.29) is 5.97 Å². The fourth-order valence-electron chi connectivity index (χ4n) is 1.25. The third-order valence-corrected chi connectivity index (χ3v) is 2.16. The number of hydrogen-bond donors (Lipinski definition) is 0. The van der Waals surface area contributed by atoms with Crippen molar-refractivity contribution in [3.63, 3.8) is 0 Å². The Hall–Kier alpha value is -1.51. The van der Waals surface area contributed by atoms with Crippen molar-refractivity contribution in [2.24, 2.45) is 0 Å². The third-order valence-electron chi connectivity index (χ3n) is 2.16. The van der Waals surface area contributed by atoms with E-state index in [1.165, 1.54) is 0 Å². The molecule has 0 aliphatic heterocycles. The molecule has 3 nitrogen and oxygen atoms in total. The van der Waals surface area contributed by atoms with Gasteiger partial charge in [-0.2, -0.15) is 0 Å². The van der Waals surface area contributed by atoms with Gasteiger partial charge in [0.05, 0.1) is 6.61 Å². The minimum Gasteiger partial charge on any atom is -0.476 e. The number of benzene rings is 1. The fraction of sp³-hybridized carbons (Fsp3) is 0.462. The van der Waals surface area contributed by atoms with Crippen LogP contribution in [-0.4, -0.2) is 18.2 Å². The van der Waals surface area contributed by atoms with Gasteiger partial charge in [0.1, 0.15) is 5.75 Å². The predicted octanol–water partition coefficient (Wildman–Crippen LogP) is 2.72. The van der Waals surface area contributed by atoms with Crippen LogP contribution in [0.3, 0.4) is 0 Å². The lowest BCUT2D eigenvalue weighted by Crippen LogP contribution is -2.39. The zero-order chi connectivity index (χ0) is 12.2. The first-order chi connectivity index (χ1) is 7.45. The van der Waals surface area contributed by atoms with Crippen molar-refractivity contribution < 1.29 is 14.3 Å². The van der Waals surface area contributed by atoms with Crippen molar-refractivity contribution >= 4 is 5.97 Å². The molecule has 0 aliphatic rings. The van der Waals surface area contributed by atoms with Crippen LogP contribution in [0.5, 0.6) is 5.75 Å². The van der Waals surface area contributed by atoms with Crippen LogP contribution in [0, 0.1) is 6.92 Å². The summed E-state index contributed by atoms with van der Waals surface area (Å²) in [6, 6.07) is 7.57. The summed E-state index contributed by atoms with van der Waals surface area (Å²) in [5, 5.41) is 0. The van der Waals surface area contributed by atoms with E-state index < -0.39 is 5.60 Å². The lowest BCUT2D eigenvalue weighted by molar-refractivity contribution is -0.158. The Morgan fingerprint density at radius 1 is 1.25 bits per heavy atom. The Labute approximate surface area is 96.4 Å². The standard InChI is InChI=1S/C13H18O3/c1-5-15-12(14)13(3,4)16-11-8-6-10(2)7-9-11/h6-9H,5H2,1-4H3. The Morgan fingerprint density at radius 2 is 1.81 bits per heavy atom. The maximum atomic E-state index is 11.6. The molecule has 0 aliphatic carbocycles. The van der Waals surface area contributed by atoms with Gasteiger partial charge in [0, 0.05) is 0 Å². The minimum atomic E-state index is -0.953. The maximum absolute atomic E-state index is 11.6. The molecular formula is C13H18O3. The summed E-state index contributed by atoms with van der Waals surface area (Å²) in [7, 11) is 0. The number of rotatable bonds is 4. The molecule has 88 valence electrons. The molecule has 0 amide bonds. The Balaban J connectivity index is 2.72. The first-order valence-electron chi connectivity index (χ1n) is 5.38. The molecular weight excluding hydrogens is 204 g/mol. The predicted molar refractivity (Wildman–Crippen MR) is 62.5 cm³/mol. The number of carbonyl (C=O) groups excluding carboxylic acids is 1. The molecule has 0 aromatic heterocycles. The van der Waals surface area contributed by atoms with Gasteiger partial charge in [-0.25, -0.2) is 4.79 Å². The fourth-order valence-corrected chi connectivity index (χ4v) is 1.25. The first kappa shape index (κ1) is 12.6. The van der Waals surface area contributed by atoms with Gasteiger partial charge < -0.3 is 9.47 Å². The van der Waals surface area contributed by atoms with Crippen molar-refractivity contribution in [2.45, 2.75) is 33.3 Å². The SMILES string of the molecule is CCOC(=O)C(C)(C)Oc1ccc(C)cc1. The summed E-state index contributed by atoms with van der Waals surface area (Å²) in [6.45, 7) is 7.54. The smallest absolute Gasteiger partial charge is 0.349 e. The second kappa shape index (κ2) is 5.01. The third kappa shape index (κ3) is 3.26. The van der Waals surface area contributed by atoms with Gasteiger partial charge in [0.25, 0.3) is 0 Å². The van der Waals surface area contributed by atoms with Gasteiger partial charge in [0.15, 0.2) is 5.60 Å². The lowest BCUT2D eigenvalue weighted by atomic mass is 10.1. The van der Waals surface area contributed by atoms with Crippen molar-refractivity contribution in [1.29, 1.82) is 0 Å². The molecule has 0 atom stereocenters. The zero-order valence-electron chi connectivity index (χ0n) is 10.2. The number of esters is 1. The normalized spacial score (nSPS) is 11.0. The topological polar surface area (TPSA) is 35.5 Å². The van der Waals surface area contributed by atoms with E-state index in [1.807, 2.05) is 31.2 Å². The summed E-state index contributed by atoms with van der Waals surface area (Å²) in [4.78, 5) is 11.6. The van der Waals surface area contributed by atoms with E-state index >= 15 is 0 Å². The summed E-state index contributed by atoms with van der Waals surface area (Å²) in [6.07, 6.45) is 0. The average Bonchev–Trinajstić information content (AvgIpc) is 2.21. The average molecular weight is 222 g/mol. The van der Waals surface area contributed by atoms with Crippen molar-refractivity contribution in [3.8, 4) is 5.75 Å². The zero-order valence-corrected chi connectivity index (χ0v) is 10.2. The second-order valence-corrected chi connectivity index (χ2v) is 4.15. The van der Waals surface area contributed by atoms with E-state index in [9.17, 15) is 4.79 Å². The van der Waals surface area contributed by atoms with Crippen molar-refractivity contribution in [1.82, 2.24) is 0 Å². The van der Waals surface area contributed by atoms with Crippen LogP contribution < -0.4 is 4.74 Å². The molecule has 0 heterocycles. The highest BCUT2D eigenvalue weighted by Gasteiger charge is 2.31. The number of ether oxygens (including phenoxy) is 2. The van der Waals surface area contributed by atoms with Crippen LogP contribution >= 0.6 is 0 Å². The monoisotopic (exact) mass is 222 g/mol. The van der Waals surface area contributed by atoms with Gasteiger partial charge in [-0.1, -0.05) is 17.7 Å². The first-order valence-corrected chi connectivity index (χ1v) is 5.38. The molecule has 0 saturated heterocycles. The van der Waals surface area contributed by atoms with E-state index in [4.69, 9.17) is 9.47 Å². The van der Waals surface area contributed by atoms with Crippen LogP contribution in [0.2, 0.25) is 0 Å². The molecule has 0 radical (unpaired) electrons. The minimum absolute atomic E-state index is 0.351. The van der Waals surface area contributed by atoms with E-state index in [0.29, 0.717) is 12.4 Å². The Morgan fingerprint density at radius 3 is 2.31 bits per heavy atom. The van der Waals surface area contributed by atoms with Crippen LogP contribution in [-0.2, 0) is 9.53 Å². The van der Waals surface area contributed by atoms with Crippen LogP contribution in [0.25, 0.3) is 0 Å². The molecule has 1 rings (SSSR count). The largest absolute Gasteiger partial charge is 0.476 e. The molecule has 0 fully saturated rings. The summed E-state index contributed by atoms with van der Waals surface area (Å²) in [5.41, 5.74) is 0.201. The van der Waals surface area contributed by atoms with Crippen molar-refractivity contribution in [3.05, 3.63) is 29.8 Å². The van der Waals surface area contributed by atoms with Gasteiger partial charge in [0.2, 0.25) is 0 Å². The van der Waals surface area contributed by atoms with Crippen LogP contribution in [0.1, 0.15) is 26.3 Å². The van der Waals surface area contributed by atoms with Gasteiger partial charge >= 0.3 is 5.97 Å². The summed E-state index contributed by atoms with van der Waals surface area (Å²) < 4.78 is 10.5. The molecule has 3 heteroatoms. The van der Waals surface area contributed by atoms with Crippen LogP contribution in [0.15, 0.2) is 24.3 Å². The maximum Gasteiger partial charge on any atom is 0.349 e. The molecule has 0 N–H and O–H groups in total. The highest BCUT2D eigenvalue weighted by molar-refractivity contribution is 5.79. The van der Waals surface area contributed by atoms with E-state index in [2.05, 4.69) is 0 Å². The molecule has 0 bridgehead atoms. The van der Waals surface area contributed by atoms with E-state index in [0.717, 1.165) is 5.56 Å². The number of carbonyl (C=O) groups is 1. The summed E-state index contributed by atoms with van der Waals surface area (Å²) >= 11 is 0. The number of hydrogen-bond acceptors (Lipinski definition) is 3. The Kier molecular flexibility index (Phi) is 3.93. The van der Waals surface area contributed by atoms with Gasteiger partial charge in [-0.15, -0.1) is 0 Å². The number of aryl methyl sites for hydroxylation is 1. The molecule has 16 heavy (non-hydrogen) atoms. The molecule has 1 aromatic carbocycles. The molecule has 1 aromatic rings. The van der Waals surface area contributed by atoms with E-state index in [1.54, 1.807) is 20.8 Å². The quantitative estimate of drug-likeness (QED) is 0.735. The molecule has 0 spiro atoms. The van der Waals surface area contributed by atoms with Gasteiger partial charge in [-0.05, 0) is 39.8 Å². The molecule has 0 unspecified atom stereocenters. The Bertz CT molecular complexity index is 352.